The van der Waals surface area contributed by atoms with Gasteiger partial charge in [0.1, 0.15) is 5.54 Å². The Bertz CT molecular complexity index is 356. The van der Waals surface area contributed by atoms with Crippen molar-refractivity contribution in [1.82, 2.24) is 0 Å². The number of nitrogens with two attached hydrogens (primary N) is 1. The second-order valence-electron chi connectivity index (χ2n) is 3.30. The zero-order valence-electron chi connectivity index (χ0n) is 7.65. The Hall–Kier alpha value is -1.62. The lowest BCUT2D eigenvalue weighted by molar-refractivity contribution is -0.142. The van der Waals surface area contributed by atoms with E-state index in [1.165, 1.54) is 12.2 Å². The summed E-state index contributed by atoms with van der Waals surface area (Å²) in [4.78, 5) is 21.5. The van der Waals surface area contributed by atoms with Crippen LogP contribution in [0.2, 0.25) is 0 Å². The molecule has 1 atom stereocenters. The van der Waals surface area contributed by atoms with E-state index in [1.54, 1.807) is 6.92 Å². The molecule has 5 nitrogen and oxygen atoms in total. The summed E-state index contributed by atoms with van der Waals surface area (Å²) in [6.07, 6.45) is 2.63. The molecule has 1 aliphatic carbocycles. The van der Waals surface area contributed by atoms with Gasteiger partial charge < -0.3 is 15.9 Å². The van der Waals surface area contributed by atoms with Gasteiger partial charge in [-0.05, 0) is 12.5 Å². The largest absolute Gasteiger partial charge is 0.480 e. The molecule has 14 heavy (non-hydrogen) atoms. The lowest BCUT2D eigenvalue weighted by atomic mass is 9.81. The Morgan fingerprint density at radius 2 is 2.00 bits per heavy atom. The molecule has 0 aromatic heterocycles. The molecule has 0 saturated carbocycles. The third-order valence-corrected chi connectivity index (χ3v) is 2.36. The van der Waals surface area contributed by atoms with Crippen molar-refractivity contribution in [3.63, 3.8) is 0 Å². The van der Waals surface area contributed by atoms with Gasteiger partial charge in [-0.3, -0.25) is 0 Å². The first-order valence-corrected chi connectivity index (χ1v) is 4.01. The summed E-state index contributed by atoms with van der Waals surface area (Å²) in [7, 11) is 0. The summed E-state index contributed by atoms with van der Waals surface area (Å²) in [5, 5.41) is 17.6. The molecule has 76 valence electrons. The maximum absolute atomic E-state index is 10.9. The molecule has 0 fully saturated rings. The number of carbonyl (C=O) groups is 2. The zero-order valence-corrected chi connectivity index (χ0v) is 7.65. The van der Waals surface area contributed by atoms with Crippen LogP contribution in [0.5, 0.6) is 0 Å². The fraction of sp³-hybridized carbons (Fsp3) is 0.333. The van der Waals surface area contributed by atoms with Gasteiger partial charge >= 0.3 is 11.9 Å². The second kappa shape index (κ2) is 3.26. The second-order valence-corrected chi connectivity index (χ2v) is 3.30. The van der Waals surface area contributed by atoms with Crippen LogP contribution in [0.4, 0.5) is 0 Å². The third-order valence-electron chi connectivity index (χ3n) is 2.36. The molecular weight excluding hydrogens is 186 g/mol. The lowest BCUT2D eigenvalue weighted by Gasteiger charge is -2.28. The van der Waals surface area contributed by atoms with Gasteiger partial charge in [0, 0.05) is 12.0 Å². The van der Waals surface area contributed by atoms with Crippen molar-refractivity contribution in [2.75, 3.05) is 0 Å². The zero-order chi connectivity index (χ0) is 10.9. The van der Waals surface area contributed by atoms with Crippen LogP contribution in [-0.2, 0) is 9.59 Å². The van der Waals surface area contributed by atoms with Crippen LogP contribution in [0.3, 0.4) is 0 Å². The number of allylic oxidation sites excluding steroid dienone is 2. The smallest absolute Gasteiger partial charge is 0.331 e. The average Bonchev–Trinajstić information content (AvgIpc) is 2.09. The fourth-order valence-electron chi connectivity index (χ4n) is 1.26. The van der Waals surface area contributed by atoms with Gasteiger partial charge in [-0.15, -0.1) is 0 Å². The van der Waals surface area contributed by atoms with Crippen molar-refractivity contribution in [3.8, 4) is 0 Å². The molecule has 0 bridgehead atoms. The Morgan fingerprint density at radius 3 is 2.43 bits per heavy atom. The van der Waals surface area contributed by atoms with Crippen LogP contribution < -0.4 is 5.73 Å². The topological polar surface area (TPSA) is 101 Å². The summed E-state index contributed by atoms with van der Waals surface area (Å²) in [6, 6.07) is 0. The first-order chi connectivity index (χ1) is 6.38. The molecule has 0 saturated heterocycles. The highest BCUT2D eigenvalue weighted by molar-refractivity contribution is 5.92. The number of hydrogen-bond acceptors (Lipinski definition) is 3. The van der Waals surface area contributed by atoms with Crippen molar-refractivity contribution >= 4 is 11.9 Å². The summed E-state index contributed by atoms with van der Waals surface area (Å²) >= 11 is 0. The summed E-state index contributed by atoms with van der Waals surface area (Å²) in [5.41, 5.74) is 4.49. The van der Waals surface area contributed by atoms with E-state index in [4.69, 9.17) is 15.9 Å². The summed E-state index contributed by atoms with van der Waals surface area (Å²) < 4.78 is 0. The summed E-state index contributed by atoms with van der Waals surface area (Å²) in [5.74, 6) is -2.34. The van der Waals surface area contributed by atoms with Crippen LogP contribution in [0, 0.1) is 0 Å². The molecule has 0 aromatic carbocycles. The molecule has 0 aliphatic heterocycles. The van der Waals surface area contributed by atoms with Gasteiger partial charge in [0.2, 0.25) is 0 Å². The number of rotatable bonds is 2. The van der Waals surface area contributed by atoms with Crippen molar-refractivity contribution in [3.05, 3.63) is 23.3 Å². The molecule has 0 unspecified atom stereocenters. The van der Waals surface area contributed by atoms with E-state index < -0.39 is 17.5 Å². The molecule has 0 amide bonds. The maximum Gasteiger partial charge on any atom is 0.331 e. The summed E-state index contributed by atoms with van der Waals surface area (Å²) in [6.45, 7) is 1.57. The average molecular weight is 197 g/mol. The molecule has 0 radical (unpaired) electrons. The lowest BCUT2D eigenvalue weighted by Crippen LogP contribution is -2.50. The highest BCUT2D eigenvalue weighted by Crippen LogP contribution is 2.27. The van der Waals surface area contributed by atoms with Crippen LogP contribution in [0.15, 0.2) is 23.3 Å². The molecule has 4 N–H and O–H groups in total. The first-order valence-electron chi connectivity index (χ1n) is 4.01. The van der Waals surface area contributed by atoms with E-state index >= 15 is 0 Å². The Kier molecular flexibility index (Phi) is 2.44. The van der Waals surface area contributed by atoms with Crippen LogP contribution in [0.1, 0.15) is 13.3 Å². The molecule has 1 rings (SSSR count). The first kappa shape index (κ1) is 10.5. The van der Waals surface area contributed by atoms with Crippen molar-refractivity contribution in [2.45, 2.75) is 18.9 Å². The van der Waals surface area contributed by atoms with E-state index in [-0.39, 0.29) is 12.0 Å². The molecule has 5 heteroatoms. The number of carboxylic acids is 2. The molecule has 0 aromatic rings. The Labute approximate surface area is 80.5 Å². The fourth-order valence-corrected chi connectivity index (χ4v) is 1.26. The SMILES string of the molecule is CC1=CC=C(C(=O)O)C[C@@]1(N)C(=O)O. The van der Waals surface area contributed by atoms with Gasteiger partial charge in [0.25, 0.3) is 0 Å². The Morgan fingerprint density at radius 1 is 1.43 bits per heavy atom. The highest BCUT2D eigenvalue weighted by atomic mass is 16.4. The standard InChI is InChI=1S/C9H11NO4/c1-5-2-3-6(7(11)12)4-9(5,10)8(13)14/h2-3H,4,10H2,1H3,(H,11,12)(H,13,14)/t9-/m0/s1. The quantitative estimate of drug-likeness (QED) is 0.584. The minimum Gasteiger partial charge on any atom is -0.480 e. The van der Waals surface area contributed by atoms with Crippen molar-refractivity contribution in [1.29, 1.82) is 0 Å². The number of hydrogen-bond donors (Lipinski definition) is 3. The van der Waals surface area contributed by atoms with Gasteiger partial charge in [-0.25, -0.2) is 9.59 Å². The minimum atomic E-state index is -1.58. The predicted molar refractivity (Wildman–Crippen MR) is 48.6 cm³/mol. The molecule has 1 aliphatic rings. The van der Waals surface area contributed by atoms with Gasteiger partial charge in [0.05, 0.1) is 0 Å². The normalized spacial score (nSPS) is 26.4. The van der Waals surface area contributed by atoms with E-state index in [9.17, 15) is 9.59 Å². The predicted octanol–water partition coefficient (Wildman–Crippen LogP) is 0.130. The maximum atomic E-state index is 10.9. The number of carboxylic acid groups (broad SMARTS) is 2. The van der Waals surface area contributed by atoms with Crippen LogP contribution in [-0.4, -0.2) is 27.7 Å². The van der Waals surface area contributed by atoms with Gasteiger partial charge in [0.15, 0.2) is 0 Å². The van der Waals surface area contributed by atoms with E-state index in [2.05, 4.69) is 0 Å². The molecular formula is C9H11NO4. The Balaban J connectivity index is 3.09. The van der Waals surface area contributed by atoms with Gasteiger partial charge in [-0.1, -0.05) is 12.2 Å². The molecule has 0 heterocycles. The van der Waals surface area contributed by atoms with Gasteiger partial charge in [-0.2, -0.15) is 0 Å². The van der Waals surface area contributed by atoms with E-state index in [1.807, 2.05) is 0 Å². The van der Waals surface area contributed by atoms with Crippen LogP contribution in [0.25, 0.3) is 0 Å². The third kappa shape index (κ3) is 1.54. The monoisotopic (exact) mass is 197 g/mol. The van der Waals surface area contributed by atoms with E-state index in [0.29, 0.717) is 5.57 Å². The number of aliphatic carboxylic acids is 2. The highest BCUT2D eigenvalue weighted by Gasteiger charge is 2.39. The van der Waals surface area contributed by atoms with Crippen molar-refractivity contribution < 1.29 is 19.8 Å². The van der Waals surface area contributed by atoms with Crippen molar-refractivity contribution in [2.24, 2.45) is 5.73 Å². The van der Waals surface area contributed by atoms with Crippen LogP contribution >= 0.6 is 0 Å². The van der Waals surface area contributed by atoms with E-state index in [0.717, 1.165) is 0 Å². The molecule has 0 spiro atoms. The minimum absolute atomic E-state index is 0.0144.